The summed E-state index contributed by atoms with van der Waals surface area (Å²) in [6.07, 6.45) is 1.15. The van der Waals surface area contributed by atoms with Gasteiger partial charge in [-0.3, -0.25) is 0 Å². The van der Waals surface area contributed by atoms with Gasteiger partial charge in [0, 0.05) is 0 Å². The monoisotopic (exact) mass is 304 g/mol. The Labute approximate surface area is 97.0 Å². The first-order chi connectivity index (χ1) is 6.09. The second kappa shape index (κ2) is 5.16. The summed E-state index contributed by atoms with van der Waals surface area (Å²) in [6, 6.07) is 8.67. The molecule has 0 aliphatic carbocycles. The fourth-order valence-corrected chi connectivity index (χ4v) is 1.90. The van der Waals surface area contributed by atoms with Crippen molar-refractivity contribution in [3.63, 3.8) is 0 Å². The molecule has 2 heteroatoms. The second-order valence-corrected chi connectivity index (χ2v) is 6.70. The number of hydrogen-bond acceptors (Lipinski definition) is 0. The van der Waals surface area contributed by atoms with Crippen LogP contribution in [0.3, 0.4) is 0 Å². The zero-order chi connectivity index (χ0) is 9.84. The summed E-state index contributed by atoms with van der Waals surface area (Å²) in [4.78, 5) is 0. The van der Waals surface area contributed by atoms with Crippen molar-refractivity contribution in [2.75, 3.05) is 0 Å². The zero-order valence-electron chi connectivity index (χ0n) is 7.93. The molecule has 0 unspecified atom stereocenters. The van der Waals surface area contributed by atoms with E-state index in [1.54, 1.807) is 0 Å². The molecule has 0 aromatic heterocycles. The maximum Gasteiger partial charge on any atom is 0.0946 e. The highest BCUT2D eigenvalue weighted by molar-refractivity contribution is 9.24. The van der Waals surface area contributed by atoms with Crippen LogP contribution in [0.1, 0.15) is 28.7 Å². The third kappa shape index (κ3) is 3.82. The van der Waals surface area contributed by atoms with Crippen molar-refractivity contribution >= 4 is 31.9 Å². The van der Waals surface area contributed by atoms with Gasteiger partial charge in [0.05, 0.1) is 3.74 Å². The van der Waals surface area contributed by atoms with Crippen LogP contribution in [-0.2, 0) is 6.42 Å². The molecule has 0 atom stereocenters. The van der Waals surface area contributed by atoms with Gasteiger partial charge in [0.1, 0.15) is 0 Å². The van der Waals surface area contributed by atoms with Gasteiger partial charge in [0.2, 0.25) is 0 Å². The molecular weight excluding hydrogens is 292 g/mol. The molecule has 0 aliphatic rings. The molecule has 1 aromatic carbocycles. The highest BCUT2D eigenvalue weighted by Crippen LogP contribution is 2.29. The number of hydrogen-bond donors (Lipinski definition) is 0. The molecule has 0 saturated carbocycles. The van der Waals surface area contributed by atoms with Crippen molar-refractivity contribution in [1.29, 1.82) is 0 Å². The molecule has 1 rings (SSSR count). The van der Waals surface area contributed by atoms with E-state index in [9.17, 15) is 0 Å². The van der Waals surface area contributed by atoms with E-state index in [1.807, 2.05) is 0 Å². The minimum absolute atomic E-state index is 0.270. The van der Waals surface area contributed by atoms with Crippen molar-refractivity contribution in [3.05, 3.63) is 35.4 Å². The van der Waals surface area contributed by atoms with Gasteiger partial charge >= 0.3 is 0 Å². The first-order valence-corrected chi connectivity index (χ1v) is 6.29. The van der Waals surface area contributed by atoms with Gasteiger partial charge < -0.3 is 0 Å². The fourth-order valence-electron chi connectivity index (χ4n) is 1.33. The lowest BCUT2D eigenvalue weighted by atomic mass is 10.0. The highest BCUT2D eigenvalue weighted by atomic mass is 79.9. The maximum absolute atomic E-state index is 3.50. The SMILES string of the molecule is CC(C)Cc1cccc(C(Br)Br)c1. The molecular formula is C11H14Br2. The average Bonchev–Trinajstić information content (AvgIpc) is 2.03. The zero-order valence-corrected chi connectivity index (χ0v) is 11.1. The molecule has 13 heavy (non-hydrogen) atoms. The lowest BCUT2D eigenvalue weighted by Crippen LogP contribution is -1.94. The van der Waals surface area contributed by atoms with E-state index in [2.05, 4.69) is 70.0 Å². The lowest BCUT2D eigenvalue weighted by Gasteiger charge is -2.07. The summed E-state index contributed by atoms with van der Waals surface area (Å²) in [7, 11) is 0. The lowest BCUT2D eigenvalue weighted by molar-refractivity contribution is 0.647. The average molecular weight is 306 g/mol. The summed E-state index contributed by atoms with van der Waals surface area (Å²) in [5.74, 6) is 0.722. The Morgan fingerprint density at radius 2 is 1.92 bits per heavy atom. The largest absolute Gasteiger partial charge is 0.0946 e. The Bertz CT molecular complexity index is 267. The van der Waals surface area contributed by atoms with E-state index >= 15 is 0 Å². The highest BCUT2D eigenvalue weighted by Gasteiger charge is 2.03. The first kappa shape index (κ1) is 11.3. The second-order valence-electron chi connectivity index (χ2n) is 3.64. The van der Waals surface area contributed by atoms with Crippen molar-refractivity contribution in [1.82, 2.24) is 0 Å². The van der Waals surface area contributed by atoms with Gasteiger partial charge in [0.15, 0.2) is 0 Å². The molecule has 0 bridgehead atoms. The van der Waals surface area contributed by atoms with Crippen LogP contribution in [0.4, 0.5) is 0 Å². The molecule has 0 spiro atoms. The Morgan fingerprint density at radius 3 is 2.46 bits per heavy atom. The molecule has 0 nitrogen and oxygen atoms in total. The number of benzene rings is 1. The Balaban J connectivity index is 2.79. The number of rotatable bonds is 3. The van der Waals surface area contributed by atoms with E-state index in [-0.39, 0.29) is 3.74 Å². The summed E-state index contributed by atoms with van der Waals surface area (Å²) in [5.41, 5.74) is 2.70. The molecule has 0 saturated heterocycles. The van der Waals surface area contributed by atoms with Gasteiger partial charge in [-0.05, 0) is 23.5 Å². The van der Waals surface area contributed by atoms with E-state index in [0.29, 0.717) is 0 Å². The quantitative estimate of drug-likeness (QED) is 0.712. The van der Waals surface area contributed by atoms with Crippen LogP contribution in [0.15, 0.2) is 24.3 Å². The molecule has 0 fully saturated rings. The number of alkyl halides is 2. The third-order valence-electron chi connectivity index (χ3n) is 1.85. The molecule has 1 aromatic rings. The summed E-state index contributed by atoms with van der Waals surface area (Å²) < 4.78 is 0.270. The maximum atomic E-state index is 3.50. The van der Waals surface area contributed by atoms with E-state index in [0.717, 1.165) is 12.3 Å². The molecule has 0 radical (unpaired) electrons. The van der Waals surface area contributed by atoms with Crippen LogP contribution in [0.2, 0.25) is 0 Å². The van der Waals surface area contributed by atoms with Gasteiger partial charge in [-0.2, -0.15) is 0 Å². The molecule has 72 valence electrons. The van der Waals surface area contributed by atoms with Gasteiger partial charge in [-0.25, -0.2) is 0 Å². The molecule has 0 heterocycles. The van der Waals surface area contributed by atoms with Crippen LogP contribution >= 0.6 is 31.9 Å². The Kier molecular flexibility index (Phi) is 4.47. The summed E-state index contributed by atoms with van der Waals surface area (Å²) >= 11 is 7.00. The van der Waals surface area contributed by atoms with Crippen LogP contribution in [0.25, 0.3) is 0 Å². The van der Waals surface area contributed by atoms with Crippen LogP contribution in [0, 0.1) is 5.92 Å². The van der Waals surface area contributed by atoms with Crippen LogP contribution in [-0.4, -0.2) is 0 Å². The predicted octanol–water partition coefficient (Wildman–Crippen LogP) is 4.67. The topological polar surface area (TPSA) is 0 Å². The van der Waals surface area contributed by atoms with Gasteiger partial charge in [-0.1, -0.05) is 70.0 Å². The number of halogens is 2. The van der Waals surface area contributed by atoms with Gasteiger partial charge in [-0.15, -0.1) is 0 Å². The standard InChI is InChI=1S/C11H14Br2/c1-8(2)6-9-4-3-5-10(7-9)11(12)13/h3-5,7-8,11H,6H2,1-2H3. The third-order valence-corrected chi connectivity index (χ3v) is 2.90. The van der Waals surface area contributed by atoms with Crippen molar-refractivity contribution in [3.8, 4) is 0 Å². The summed E-state index contributed by atoms with van der Waals surface area (Å²) in [5, 5.41) is 0. The summed E-state index contributed by atoms with van der Waals surface area (Å²) in [6.45, 7) is 4.48. The van der Waals surface area contributed by atoms with Gasteiger partial charge in [0.25, 0.3) is 0 Å². The van der Waals surface area contributed by atoms with Crippen molar-refractivity contribution in [2.24, 2.45) is 5.92 Å². The van der Waals surface area contributed by atoms with E-state index in [1.165, 1.54) is 11.1 Å². The van der Waals surface area contributed by atoms with Crippen molar-refractivity contribution < 1.29 is 0 Å². The first-order valence-electron chi connectivity index (χ1n) is 4.46. The normalized spacial score (nSPS) is 11.2. The Hall–Kier alpha value is 0.180. The van der Waals surface area contributed by atoms with E-state index < -0.39 is 0 Å². The fraction of sp³-hybridized carbons (Fsp3) is 0.455. The molecule has 0 N–H and O–H groups in total. The Morgan fingerprint density at radius 1 is 1.23 bits per heavy atom. The minimum Gasteiger partial charge on any atom is -0.0712 e. The minimum atomic E-state index is 0.270. The predicted molar refractivity (Wildman–Crippen MR) is 65.6 cm³/mol. The molecule has 0 aliphatic heterocycles. The molecule has 0 amide bonds. The smallest absolute Gasteiger partial charge is 0.0712 e. The van der Waals surface area contributed by atoms with Crippen LogP contribution < -0.4 is 0 Å². The van der Waals surface area contributed by atoms with Crippen molar-refractivity contribution in [2.45, 2.75) is 24.0 Å². The van der Waals surface area contributed by atoms with E-state index in [4.69, 9.17) is 0 Å². The van der Waals surface area contributed by atoms with Crippen LogP contribution in [0.5, 0.6) is 0 Å².